The molecule has 0 fully saturated rings. The van der Waals surface area contributed by atoms with Crippen molar-refractivity contribution in [2.45, 2.75) is 89.0 Å². The second-order valence-corrected chi connectivity index (χ2v) is 15.0. The highest BCUT2D eigenvalue weighted by molar-refractivity contribution is 5.85. The molecule has 0 heterocycles. The van der Waals surface area contributed by atoms with Gasteiger partial charge in [0, 0.05) is 22.7 Å². The van der Waals surface area contributed by atoms with Crippen molar-refractivity contribution in [3.63, 3.8) is 0 Å². The van der Waals surface area contributed by atoms with Crippen LogP contribution in [0.4, 0.5) is 34.1 Å². The number of para-hydroxylation sites is 1. The van der Waals surface area contributed by atoms with Gasteiger partial charge in [0.15, 0.2) is 0 Å². The molecular formula is C49H54N2. The molecule has 51 heavy (non-hydrogen) atoms. The van der Waals surface area contributed by atoms with Crippen LogP contribution in [0.15, 0.2) is 103 Å². The van der Waals surface area contributed by atoms with Gasteiger partial charge in [0.25, 0.3) is 0 Å². The van der Waals surface area contributed by atoms with Gasteiger partial charge in [-0.25, -0.2) is 0 Å². The topological polar surface area (TPSA) is 6.48 Å². The van der Waals surface area contributed by atoms with E-state index in [9.17, 15) is 0 Å². The van der Waals surface area contributed by atoms with E-state index in [-0.39, 0.29) is 0 Å². The Morgan fingerprint density at radius 2 is 0.667 bits per heavy atom. The van der Waals surface area contributed by atoms with E-state index < -0.39 is 0 Å². The van der Waals surface area contributed by atoms with Gasteiger partial charge >= 0.3 is 0 Å². The molecule has 0 saturated heterocycles. The lowest BCUT2D eigenvalue weighted by atomic mass is 9.97. The molecular weight excluding hydrogens is 617 g/mol. The zero-order valence-corrected chi connectivity index (χ0v) is 32.6. The van der Waals surface area contributed by atoms with E-state index in [1.54, 1.807) is 0 Å². The molecule has 0 unspecified atom stereocenters. The Kier molecular flexibility index (Phi) is 10.3. The fourth-order valence-electron chi connectivity index (χ4n) is 7.74. The summed E-state index contributed by atoms with van der Waals surface area (Å²) in [6, 6.07) is 39.0. The largest absolute Gasteiger partial charge is 0.309 e. The Morgan fingerprint density at radius 3 is 1.08 bits per heavy atom. The Labute approximate surface area is 307 Å². The maximum absolute atomic E-state index is 2.52. The first-order valence-corrected chi connectivity index (χ1v) is 18.4. The van der Waals surface area contributed by atoms with Crippen molar-refractivity contribution in [2.24, 2.45) is 0 Å². The number of benzene rings is 6. The highest BCUT2D eigenvalue weighted by atomic mass is 15.2. The molecule has 6 rings (SSSR count). The van der Waals surface area contributed by atoms with Crippen molar-refractivity contribution in [1.29, 1.82) is 0 Å². The molecule has 0 saturated carbocycles. The quantitative estimate of drug-likeness (QED) is 0.151. The number of aryl methyl sites for hydroxylation is 13. The summed E-state index contributed by atoms with van der Waals surface area (Å²) in [6.07, 6.45) is 1.91. The zero-order chi connectivity index (χ0) is 36.6. The maximum Gasteiger partial charge on any atom is 0.0520 e. The van der Waals surface area contributed by atoms with E-state index in [4.69, 9.17) is 0 Å². The van der Waals surface area contributed by atoms with Crippen molar-refractivity contribution in [3.05, 3.63) is 175 Å². The van der Waals surface area contributed by atoms with Crippen LogP contribution in [-0.2, 0) is 12.8 Å². The molecule has 260 valence electrons. The zero-order valence-electron chi connectivity index (χ0n) is 32.6. The minimum atomic E-state index is 0.954. The van der Waals surface area contributed by atoms with Crippen LogP contribution in [0.2, 0.25) is 0 Å². The number of hydrogen-bond acceptors (Lipinski definition) is 2. The van der Waals surface area contributed by atoms with Crippen LogP contribution in [0.5, 0.6) is 0 Å². The van der Waals surface area contributed by atoms with Crippen molar-refractivity contribution >= 4 is 34.1 Å². The van der Waals surface area contributed by atoms with Gasteiger partial charge in [-0.2, -0.15) is 0 Å². The van der Waals surface area contributed by atoms with Gasteiger partial charge in [-0.15, -0.1) is 0 Å². The van der Waals surface area contributed by atoms with E-state index in [2.05, 4.69) is 189 Å². The molecule has 0 N–H and O–H groups in total. The summed E-state index contributed by atoms with van der Waals surface area (Å²) in [5.74, 6) is 0. The fraction of sp³-hybridized carbons (Fsp3) is 0.265. The second kappa shape index (κ2) is 14.6. The van der Waals surface area contributed by atoms with Gasteiger partial charge in [0.1, 0.15) is 0 Å². The average Bonchev–Trinajstić information content (AvgIpc) is 3.07. The Morgan fingerprint density at radius 1 is 0.314 bits per heavy atom. The Balaban J connectivity index is 1.41. The first kappa shape index (κ1) is 35.7. The van der Waals surface area contributed by atoms with E-state index in [1.165, 1.54) is 106 Å². The summed E-state index contributed by atoms with van der Waals surface area (Å²) in [5, 5.41) is 0. The number of rotatable bonds is 9. The van der Waals surface area contributed by atoms with E-state index in [1.807, 2.05) is 0 Å². The smallest absolute Gasteiger partial charge is 0.0520 e. The summed E-state index contributed by atoms with van der Waals surface area (Å²) in [7, 11) is 0. The molecule has 0 aliphatic carbocycles. The van der Waals surface area contributed by atoms with Gasteiger partial charge in [-0.1, -0.05) is 84.4 Å². The molecule has 0 atom stereocenters. The number of hydrogen-bond donors (Lipinski definition) is 0. The standard InChI is InChI=1S/C49H54N2/c1-31-15-17-34(4)44(27-31)50(48-38(8)13-12-14-39(48)9)46-29-42(21-19-36(46)6)23-24-43-22-20-37(7)47(30-43)51(45-28-32(2)16-18-35(45)5)49-40(10)25-33(3)26-41(49)11/h12-22,25-30H,23-24H2,1-11H3. The molecule has 0 bridgehead atoms. The predicted octanol–water partition coefficient (Wildman–Crippen LogP) is 13.8. The third-order valence-corrected chi connectivity index (χ3v) is 10.5. The SMILES string of the molecule is Cc1cc(C)c(N(c2cc(C)ccc2C)c2cc(CCc3ccc(C)c(N(c4cc(C)ccc4C)c4c(C)cccc4C)c3)ccc2C)c(C)c1. The first-order valence-electron chi connectivity index (χ1n) is 18.4. The van der Waals surface area contributed by atoms with Gasteiger partial charge in [-0.3, -0.25) is 0 Å². The fourth-order valence-corrected chi connectivity index (χ4v) is 7.74. The normalized spacial score (nSPS) is 11.2. The number of nitrogens with zero attached hydrogens (tertiary/aromatic N) is 2. The number of anilines is 6. The monoisotopic (exact) mass is 670 g/mol. The van der Waals surface area contributed by atoms with Gasteiger partial charge < -0.3 is 9.80 Å². The predicted molar refractivity (Wildman–Crippen MR) is 222 cm³/mol. The second-order valence-electron chi connectivity index (χ2n) is 15.0. The molecule has 0 spiro atoms. The average molecular weight is 671 g/mol. The van der Waals surface area contributed by atoms with Gasteiger partial charge in [0.05, 0.1) is 11.4 Å². The lowest BCUT2D eigenvalue weighted by Gasteiger charge is -2.32. The summed E-state index contributed by atoms with van der Waals surface area (Å²) in [5.41, 5.74) is 24.3. The van der Waals surface area contributed by atoms with E-state index in [0.29, 0.717) is 0 Å². The summed E-state index contributed by atoms with van der Waals surface area (Å²) < 4.78 is 0. The maximum atomic E-state index is 2.52. The van der Waals surface area contributed by atoms with Crippen molar-refractivity contribution < 1.29 is 0 Å². The molecule has 2 heteroatoms. The molecule has 6 aromatic carbocycles. The summed E-state index contributed by atoms with van der Waals surface area (Å²) in [4.78, 5) is 5.02. The molecule has 0 radical (unpaired) electrons. The van der Waals surface area contributed by atoms with Crippen molar-refractivity contribution in [3.8, 4) is 0 Å². The van der Waals surface area contributed by atoms with Crippen LogP contribution < -0.4 is 9.80 Å². The van der Waals surface area contributed by atoms with Crippen molar-refractivity contribution in [2.75, 3.05) is 9.80 Å². The van der Waals surface area contributed by atoms with Crippen LogP contribution in [0.25, 0.3) is 0 Å². The summed E-state index contributed by atoms with van der Waals surface area (Å²) in [6.45, 7) is 24.5. The van der Waals surface area contributed by atoms with E-state index >= 15 is 0 Å². The molecule has 0 aliphatic rings. The Hall–Kier alpha value is -5.08. The van der Waals surface area contributed by atoms with Crippen LogP contribution in [-0.4, -0.2) is 0 Å². The third-order valence-electron chi connectivity index (χ3n) is 10.5. The van der Waals surface area contributed by atoms with Crippen molar-refractivity contribution in [1.82, 2.24) is 0 Å². The van der Waals surface area contributed by atoms with Crippen LogP contribution in [0.1, 0.15) is 72.3 Å². The Bertz CT molecular complexity index is 2190. The first-order chi connectivity index (χ1) is 24.3. The highest BCUT2D eigenvalue weighted by Crippen LogP contribution is 2.44. The molecule has 0 aromatic heterocycles. The summed E-state index contributed by atoms with van der Waals surface area (Å²) >= 11 is 0. The van der Waals surface area contributed by atoms with Gasteiger partial charge in [0.2, 0.25) is 0 Å². The molecule has 0 amide bonds. The van der Waals surface area contributed by atoms with Crippen LogP contribution in [0.3, 0.4) is 0 Å². The lowest BCUT2D eigenvalue weighted by Crippen LogP contribution is -2.16. The molecule has 2 nitrogen and oxygen atoms in total. The highest BCUT2D eigenvalue weighted by Gasteiger charge is 2.23. The van der Waals surface area contributed by atoms with Gasteiger partial charge in [-0.05, 0) is 180 Å². The lowest BCUT2D eigenvalue weighted by molar-refractivity contribution is 0.955. The minimum Gasteiger partial charge on any atom is -0.309 e. The minimum absolute atomic E-state index is 0.954. The third kappa shape index (κ3) is 7.38. The molecule has 0 aliphatic heterocycles. The van der Waals surface area contributed by atoms with Crippen LogP contribution >= 0.6 is 0 Å². The van der Waals surface area contributed by atoms with E-state index in [0.717, 1.165) is 12.8 Å². The van der Waals surface area contributed by atoms with Crippen LogP contribution in [0, 0.1) is 76.2 Å². The molecule has 6 aromatic rings.